The number of nitrogens with zero attached hydrogens (tertiary/aromatic N) is 1. The van der Waals surface area contributed by atoms with Crippen LogP contribution in [-0.2, 0) is 0 Å². The van der Waals surface area contributed by atoms with Crippen LogP contribution in [0.25, 0.3) is 0 Å². The van der Waals surface area contributed by atoms with Crippen molar-refractivity contribution in [3.63, 3.8) is 0 Å². The van der Waals surface area contributed by atoms with Crippen LogP contribution in [0.5, 0.6) is 0 Å². The molecule has 2 atom stereocenters. The highest BCUT2D eigenvalue weighted by Crippen LogP contribution is 2.39. The first-order valence-electron chi connectivity index (χ1n) is 6.73. The molecule has 0 aromatic heterocycles. The molecule has 0 amide bonds. The van der Waals surface area contributed by atoms with E-state index >= 15 is 0 Å². The fourth-order valence-electron chi connectivity index (χ4n) is 3.36. The molecular formula is C13H25NO. The highest BCUT2D eigenvalue weighted by molar-refractivity contribution is 5.02. The minimum Gasteiger partial charge on any atom is -0.388 e. The third kappa shape index (κ3) is 2.36. The molecule has 2 heteroatoms. The number of rotatable bonds is 5. The summed E-state index contributed by atoms with van der Waals surface area (Å²) in [7, 11) is 0. The summed E-state index contributed by atoms with van der Waals surface area (Å²) in [6.45, 7) is 4.60. The third-order valence-electron chi connectivity index (χ3n) is 4.28. The second-order valence-electron chi connectivity index (χ2n) is 5.36. The topological polar surface area (TPSA) is 23.5 Å². The Bertz CT molecular complexity index is 207. The fraction of sp³-hybridized carbons (Fsp3) is 1.00. The van der Waals surface area contributed by atoms with Gasteiger partial charge in [0.05, 0.1) is 5.60 Å². The van der Waals surface area contributed by atoms with Crippen molar-refractivity contribution in [1.82, 2.24) is 4.90 Å². The second kappa shape index (κ2) is 4.84. The molecule has 0 aromatic carbocycles. The van der Waals surface area contributed by atoms with Gasteiger partial charge in [-0.25, -0.2) is 0 Å². The first kappa shape index (κ1) is 11.4. The van der Waals surface area contributed by atoms with E-state index in [1.165, 1.54) is 45.1 Å². The Morgan fingerprint density at radius 1 is 1.27 bits per heavy atom. The van der Waals surface area contributed by atoms with Crippen molar-refractivity contribution >= 4 is 0 Å². The average molecular weight is 211 g/mol. The molecule has 2 aliphatic rings. The zero-order valence-electron chi connectivity index (χ0n) is 10.0. The maximum Gasteiger partial charge on any atom is 0.0814 e. The van der Waals surface area contributed by atoms with E-state index in [2.05, 4.69) is 11.8 Å². The van der Waals surface area contributed by atoms with Crippen LogP contribution in [0.4, 0.5) is 0 Å². The molecule has 0 saturated carbocycles. The number of fused-ring (bicyclic) bond motifs is 1. The van der Waals surface area contributed by atoms with Crippen LogP contribution in [0.3, 0.4) is 0 Å². The van der Waals surface area contributed by atoms with Gasteiger partial charge < -0.3 is 5.11 Å². The molecule has 1 N–H and O–H groups in total. The molecule has 0 aromatic rings. The maximum atomic E-state index is 10.6. The Hall–Kier alpha value is -0.0800. The molecule has 15 heavy (non-hydrogen) atoms. The average Bonchev–Trinajstić information content (AvgIpc) is 2.79. The van der Waals surface area contributed by atoms with Gasteiger partial charge in [0.15, 0.2) is 0 Å². The lowest BCUT2D eigenvalue weighted by atomic mass is 9.87. The highest BCUT2D eigenvalue weighted by Gasteiger charge is 2.47. The van der Waals surface area contributed by atoms with Gasteiger partial charge >= 0.3 is 0 Å². The summed E-state index contributed by atoms with van der Waals surface area (Å²) in [5.74, 6) is 0. The van der Waals surface area contributed by atoms with Gasteiger partial charge in [-0.2, -0.15) is 0 Å². The molecule has 0 bridgehead atoms. The Kier molecular flexibility index (Phi) is 3.68. The van der Waals surface area contributed by atoms with E-state index < -0.39 is 0 Å². The van der Waals surface area contributed by atoms with Gasteiger partial charge in [0, 0.05) is 12.6 Å². The van der Waals surface area contributed by atoms with E-state index in [1.54, 1.807) is 0 Å². The standard InChI is InChI=1S/C13H25NO/c1-2-3-4-5-8-13(15)9-11-14-10-6-7-12(13)14/h12,15H,2-11H2,1H3. The van der Waals surface area contributed by atoms with Crippen LogP contribution < -0.4 is 0 Å². The Balaban J connectivity index is 1.79. The SMILES string of the molecule is CCCCCCC1(O)CCN2CCCC21. The number of hydrogen-bond donors (Lipinski definition) is 1. The van der Waals surface area contributed by atoms with E-state index in [1.807, 2.05) is 0 Å². The first-order valence-corrected chi connectivity index (χ1v) is 6.73. The summed E-state index contributed by atoms with van der Waals surface area (Å²) >= 11 is 0. The molecule has 0 spiro atoms. The molecule has 2 aliphatic heterocycles. The van der Waals surface area contributed by atoms with Crippen LogP contribution >= 0.6 is 0 Å². The predicted octanol–water partition coefficient (Wildman–Crippen LogP) is 2.56. The Morgan fingerprint density at radius 3 is 2.93 bits per heavy atom. The number of unbranched alkanes of at least 4 members (excludes halogenated alkanes) is 3. The molecule has 0 aliphatic carbocycles. The van der Waals surface area contributed by atoms with Crippen LogP contribution in [0.15, 0.2) is 0 Å². The summed E-state index contributed by atoms with van der Waals surface area (Å²) in [5, 5.41) is 10.6. The van der Waals surface area contributed by atoms with E-state index in [0.29, 0.717) is 6.04 Å². The fourth-order valence-corrected chi connectivity index (χ4v) is 3.36. The normalized spacial score (nSPS) is 36.0. The predicted molar refractivity (Wildman–Crippen MR) is 62.9 cm³/mol. The largest absolute Gasteiger partial charge is 0.388 e. The van der Waals surface area contributed by atoms with Crippen LogP contribution in [0.1, 0.15) is 58.3 Å². The summed E-state index contributed by atoms with van der Waals surface area (Å²) in [5.41, 5.74) is -0.329. The van der Waals surface area contributed by atoms with Crippen molar-refractivity contribution in [1.29, 1.82) is 0 Å². The summed E-state index contributed by atoms with van der Waals surface area (Å²) < 4.78 is 0. The summed E-state index contributed by atoms with van der Waals surface area (Å²) in [6.07, 6.45) is 9.70. The molecule has 88 valence electrons. The van der Waals surface area contributed by atoms with Crippen molar-refractivity contribution in [2.24, 2.45) is 0 Å². The minimum atomic E-state index is -0.329. The maximum absolute atomic E-state index is 10.6. The number of hydrogen-bond acceptors (Lipinski definition) is 2. The quantitative estimate of drug-likeness (QED) is 0.706. The minimum absolute atomic E-state index is 0.329. The van der Waals surface area contributed by atoms with Crippen molar-refractivity contribution in [3.05, 3.63) is 0 Å². The number of aliphatic hydroxyl groups is 1. The summed E-state index contributed by atoms with van der Waals surface area (Å²) in [6, 6.07) is 0.499. The van der Waals surface area contributed by atoms with Crippen molar-refractivity contribution < 1.29 is 5.11 Å². The zero-order valence-corrected chi connectivity index (χ0v) is 10.0. The van der Waals surface area contributed by atoms with Gasteiger partial charge in [-0.3, -0.25) is 4.90 Å². The molecule has 2 rings (SSSR count). The highest BCUT2D eigenvalue weighted by atomic mass is 16.3. The monoisotopic (exact) mass is 211 g/mol. The molecule has 0 radical (unpaired) electrons. The molecule has 2 saturated heterocycles. The lowest BCUT2D eigenvalue weighted by molar-refractivity contribution is 0.00363. The van der Waals surface area contributed by atoms with E-state index in [9.17, 15) is 5.11 Å². The van der Waals surface area contributed by atoms with E-state index in [4.69, 9.17) is 0 Å². The van der Waals surface area contributed by atoms with Crippen molar-refractivity contribution in [2.75, 3.05) is 13.1 Å². The smallest absolute Gasteiger partial charge is 0.0814 e. The van der Waals surface area contributed by atoms with Gasteiger partial charge in [-0.1, -0.05) is 32.6 Å². The molecule has 2 heterocycles. The Morgan fingerprint density at radius 2 is 2.13 bits per heavy atom. The lowest BCUT2D eigenvalue weighted by Gasteiger charge is -2.29. The molecule has 2 fully saturated rings. The first-order chi connectivity index (χ1) is 7.26. The second-order valence-corrected chi connectivity index (χ2v) is 5.36. The van der Waals surface area contributed by atoms with Crippen LogP contribution in [-0.4, -0.2) is 34.7 Å². The van der Waals surface area contributed by atoms with Crippen LogP contribution in [0, 0.1) is 0 Å². The van der Waals surface area contributed by atoms with Gasteiger partial charge in [0.25, 0.3) is 0 Å². The molecule has 2 unspecified atom stereocenters. The van der Waals surface area contributed by atoms with Gasteiger partial charge in [0.1, 0.15) is 0 Å². The van der Waals surface area contributed by atoms with Gasteiger partial charge in [0.2, 0.25) is 0 Å². The zero-order chi connectivity index (χ0) is 10.7. The summed E-state index contributed by atoms with van der Waals surface area (Å²) in [4.78, 5) is 2.50. The van der Waals surface area contributed by atoms with Crippen molar-refractivity contribution in [3.8, 4) is 0 Å². The lowest BCUT2D eigenvalue weighted by Crippen LogP contribution is -2.41. The Labute approximate surface area is 93.7 Å². The third-order valence-corrected chi connectivity index (χ3v) is 4.28. The van der Waals surface area contributed by atoms with Gasteiger partial charge in [-0.15, -0.1) is 0 Å². The van der Waals surface area contributed by atoms with Gasteiger partial charge in [-0.05, 0) is 32.2 Å². The van der Waals surface area contributed by atoms with E-state index in [-0.39, 0.29) is 5.60 Å². The molecule has 2 nitrogen and oxygen atoms in total. The van der Waals surface area contributed by atoms with E-state index in [0.717, 1.165) is 19.4 Å². The van der Waals surface area contributed by atoms with Crippen LogP contribution in [0.2, 0.25) is 0 Å². The van der Waals surface area contributed by atoms with Crippen molar-refractivity contribution in [2.45, 2.75) is 69.9 Å². The molecular weight excluding hydrogens is 186 g/mol.